The van der Waals surface area contributed by atoms with E-state index < -0.39 is 30.0 Å². The van der Waals surface area contributed by atoms with Gasteiger partial charge in [-0.05, 0) is 50.9 Å². The highest BCUT2D eigenvalue weighted by Crippen LogP contribution is 2.33. The molecule has 20 heteroatoms. The number of carboxylic acid groups (broad SMARTS) is 4. The highest BCUT2D eigenvalue weighted by molar-refractivity contribution is 8.00. The van der Waals surface area contributed by atoms with Crippen molar-refractivity contribution in [1.82, 2.24) is 40.4 Å². The van der Waals surface area contributed by atoms with Crippen LogP contribution >= 0.6 is 11.8 Å². The average molecular weight is 799 g/mol. The molecule has 1 aliphatic carbocycles. The molecule has 4 aliphatic rings. The van der Waals surface area contributed by atoms with E-state index in [4.69, 9.17) is 0 Å². The van der Waals surface area contributed by atoms with Gasteiger partial charge in [0.05, 0.1) is 38.3 Å². The number of hydrogen-bond acceptors (Lipinski definition) is 11. The Kier molecular flexibility index (Phi) is 17.1. The average Bonchev–Trinajstić information content (AvgIpc) is 3.65. The van der Waals surface area contributed by atoms with Crippen LogP contribution in [0.3, 0.4) is 0 Å². The third-order valence-corrected chi connectivity index (χ3v) is 12.6. The van der Waals surface area contributed by atoms with Crippen LogP contribution in [0.2, 0.25) is 0 Å². The van der Waals surface area contributed by atoms with Crippen LogP contribution < -0.4 is 16.0 Å². The number of aliphatic carboxylic acids is 3. The molecule has 4 unspecified atom stereocenters. The molecule has 0 aromatic carbocycles. The zero-order chi connectivity index (χ0) is 40.1. The first-order valence-electron chi connectivity index (χ1n) is 19.2. The lowest BCUT2D eigenvalue weighted by atomic mass is 9.82. The number of hydrogen-bond donors (Lipinski definition) is 7. The number of carbonyl (C=O) groups is 7. The van der Waals surface area contributed by atoms with Crippen LogP contribution in [-0.4, -0.2) is 201 Å². The van der Waals surface area contributed by atoms with Crippen molar-refractivity contribution in [2.24, 2.45) is 5.92 Å². The Balaban J connectivity index is 1.27. The largest absolute Gasteiger partial charge is 0.480 e. The van der Waals surface area contributed by atoms with Crippen molar-refractivity contribution in [3.8, 4) is 0 Å². The van der Waals surface area contributed by atoms with E-state index in [0.29, 0.717) is 50.2 Å². The molecule has 5 amide bonds. The van der Waals surface area contributed by atoms with Gasteiger partial charge in [-0.3, -0.25) is 38.7 Å². The monoisotopic (exact) mass is 798 g/mol. The number of unbranched alkanes of at least 4 members (excludes halogenated alkanes) is 1. The van der Waals surface area contributed by atoms with Crippen molar-refractivity contribution in [2.45, 2.75) is 87.2 Å². The fourth-order valence-electron chi connectivity index (χ4n) is 8.16. The maximum atomic E-state index is 12.9. The summed E-state index contributed by atoms with van der Waals surface area (Å²) in [6.07, 6.45) is 4.73. The Labute approximate surface area is 325 Å². The summed E-state index contributed by atoms with van der Waals surface area (Å²) in [5, 5.41) is 48.2. The number of likely N-dealkylation sites (N-methyl/N-ethyl adjacent to an activating group) is 1. The van der Waals surface area contributed by atoms with Crippen LogP contribution in [0, 0.1) is 5.92 Å². The molecule has 55 heavy (non-hydrogen) atoms. The predicted octanol–water partition coefficient (Wildman–Crippen LogP) is -0.242. The van der Waals surface area contributed by atoms with E-state index in [-0.39, 0.29) is 114 Å². The Morgan fingerprint density at radius 2 is 1.38 bits per heavy atom. The van der Waals surface area contributed by atoms with Crippen LogP contribution in [0.1, 0.15) is 57.8 Å². The van der Waals surface area contributed by atoms with Crippen LogP contribution in [0.5, 0.6) is 0 Å². The van der Waals surface area contributed by atoms with Crippen molar-refractivity contribution in [1.29, 1.82) is 0 Å². The Hall–Kier alpha value is -3.88. The van der Waals surface area contributed by atoms with E-state index in [1.807, 2.05) is 11.8 Å². The van der Waals surface area contributed by atoms with Crippen LogP contribution in [-0.2, 0) is 24.0 Å². The molecule has 310 valence electrons. The zero-order valence-electron chi connectivity index (χ0n) is 31.6. The molecular weight excluding hydrogens is 740 g/mol. The van der Waals surface area contributed by atoms with Crippen molar-refractivity contribution in [2.75, 3.05) is 84.8 Å². The highest BCUT2D eigenvalue weighted by atomic mass is 32.2. The van der Waals surface area contributed by atoms with Gasteiger partial charge in [0.15, 0.2) is 0 Å². The fourth-order valence-corrected chi connectivity index (χ4v) is 9.70. The molecule has 0 spiro atoms. The molecule has 4 fully saturated rings. The van der Waals surface area contributed by atoms with Gasteiger partial charge in [-0.25, -0.2) is 9.59 Å². The second-order valence-corrected chi connectivity index (χ2v) is 16.5. The van der Waals surface area contributed by atoms with Gasteiger partial charge in [-0.15, -0.1) is 0 Å². The third-order valence-electron chi connectivity index (χ3n) is 11.0. The number of nitrogens with zero attached hydrogens (tertiary/aromatic N) is 5. The van der Waals surface area contributed by atoms with E-state index in [1.54, 1.807) is 21.7 Å². The minimum Gasteiger partial charge on any atom is -0.480 e. The quantitative estimate of drug-likeness (QED) is 0.0786. The number of thioether (sulfide) groups is 1. The van der Waals surface area contributed by atoms with Crippen LogP contribution in [0.4, 0.5) is 9.59 Å². The van der Waals surface area contributed by atoms with E-state index in [9.17, 15) is 54.0 Å². The molecule has 4 atom stereocenters. The normalized spacial score (nSPS) is 27.1. The molecule has 4 rings (SSSR count). The number of urea groups is 1. The summed E-state index contributed by atoms with van der Waals surface area (Å²) in [5.41, 5.74) is 0. The minimum atomic E-state index is -1.19. The Morgan fingerprint density at radius 1 is 0.800 bits per heavy atom. The van der Waals surface area contributed by atoms with Crippen molar-refractivity contribution in [3.05, 3.63) is 0 Å². The van der Waals surface area contributed by atoms with Crippen molar-refractivity contribution < 1.29 is 54.0 Å². The molecule has 0 aromatic rings. The second-order valence-electron chi connectivity index (χ2n) is 15.2. The smallest absolute Gasteiger partial charge is 0.407 e. The summed E-state index contributed by atoms with van der Waals surface area (Å²) in [5.74, 6) is -2.64. The lowest BCUT2D eigenvalue weighted by molar-refractivity contribution is -0.140. The first-order chi connectivity index (χ1) is 26.2. The second kappa shape index (κ2) is 21.4. The summed E-state index contributed by atoms with van der Waals surface area (Å²) >= 11 is 1.84. The van der Waals surface area contributed by atoms with Crippen LogP contribution in [0.25, 0.3) is 0 Å². The maximum Gasteiger partial charge on any atom is 0.407 e. The van der Waals surface area contributed by atoms with E-state index >= 15 is 0 Å². The topological polar surface area (TPSA) is 253 Å². The van der Waals surface area contributed by atoms with Gasteiger partial charge >= 0.3 is 30.0 Å². The van der Waals surface area contributed by atoms with E-state index in [1.165, 1.54) is 9.80 Å². The van der Waals surface area contributed by atoms with Gasteiger partial charge in [-0.1, -0.05) is 6.42 Å². The summed E-state index contributed by atoms with van der Waals surface area (Å²) in [6, 6.07) is -0.538. The van der Waals surface area contributed by atoms with Crippen molar-refractivity contribution in [3.63, 3.8) is 0 Å². The standard InChI is InChI=1S/C35H58N8O11S/c1-39(29(45)5-3-2-4-27-33-26(22-55-27)37-34(52)38-33)18-28(44)36-24-8-6-23(7-9-24)16-25-17-42(21-32(50)51)13-12-40(19-30(46)47)10-11-41(20-31(48)49)14-15-43(25)35(53)54/h23-27,33H,2-22H2,1H3,(H,36,44)(H,46,47)(H,48,49)(H,50,51)(H,53,54)(H2,37,38,52). The van der Waals surface area contributed by atoms with Gasteiger partial charge in [0.1, 0.15) is 0 Å². The number of carboxylic acids is 3. The molecule has 0 aromatic heterocycles. The summed E-state index contributed by atoms with van der Waals surface area (Å²) in [6.45, 7) is -0.0834. The van der Waals surface area contributed by atoms with Crippen molar-refractivity contribution >= 4 is 53.6 Å². The molecule has 0 radical (unpaired) electrons. The molecule has 3 aliphatic heterocycles. The number of fused-ring (bicyclic) bond motifs is 1. The van der Waals surface area contributed by atoms with E-state index in [2.05, 4.69) is 16.0 Å². The SMILES string of the molecule is CN(CC(=O)NC1CCC(CC2CN(CC(=O)O)CCN(CC(=O)O)CCN(CC(=O)O)CCN2C(=O)O)CC1)C(=O)CCCCC1SCC2NC(=O)NC21. The third kappa shape index (κ3) is 14.6. The number of carbonyl (C=O) groups excluding carboxylic acids is 3. The van der Waals surface area contributed by atoms with Gasteiger partial charge in [0.25, 0.3) is 0 Å². The molecule has 1 saturated carbocycles. The molecule has 19 nitrogen and oxygen atoms in total. The van der Waals surface area contributed by atoms with Gasteiger partial charge in [0, 0.05) is 82.4 Å². The number of rotatable bonds is 16. The molecule has 0 bridgehead atoms. The minimum absolute atomic E-state index is 0.0113. The number of nitrogens with one attached hydrogen (secondary N) is 3. The van der Waals surface area contributed by atoms with Crippen LogP contribution in [0.15, 0.2) is 0 Å². The molecule has 3 saturated heterocycles. The molecule has 3 heterocycles. The first kappa shape index (κ1) is 43.8. The Morgan fingerprint density at radius 3 is 1.98 bits per heavy atom. The lowest BCUT2D eigenvalue weighted by Crippen LogP contribution is -2.53. The Bertz CT molecular complexity index is 1370. The highest BCUT2D eigenvalue weighted by Gasteiger charge is 2.42. The van der Waals surface area contributed by atoms with E-state index in [0.717, 1.165) is 18.6 Å². The number of amides is 5. The van der Waals surface area contributed by atoms with Gasteiger partial charge in [-0.2, -0.15) is 11.8 Å². The van der Waals surface area contributed by atoms with Gasteiger partial charge < -0.3 is 46.2 Å². The maximum absolute atomic E-state index is 12.9. The zero-order valence-corrected chi connectivity index (χ0v) is 32.4. The lowest BCUT2D eigenvalue weighted by Gasteiger charge is -2.39. The fraction of sp³-hybridized carbons (Fsp3) is 0.800. The molecular formula is C35H58N8O11S. The first-order valence-corrected chi connectivity index (χ1v) is 20.3. The summed E-state index contributed by atoms with van der Waals surface area (Å²) in [4.78, 5) is 92.4. The molecule has 7 N–H and O–H groups in total. The van der Waals surface area contributed by atoms with Gasteiger partial charge in [0.2, 0.25) is 11.8 Å². The summed E-state index contributed by atoms with van der Waals surface area (Å²) in [7, 11) is 1.62. The summed E-state index contributed by atoms with van der Waals surface area (Å²) < 4.78 is 0. The predicted molar refractivity (Wildman–Crippen MR) is 201 cm³/mol.